The number of ether oxygens (including phenoxy) is 1. The molecule has 5 nitrogen and oxygen atoms in total. The molecule has 3 heterocycles. The third-order valence-electron chi connectivity index (χ3n) is 4.68. The predicted molar refractivity (Wildman–Crippen MR) is 79.7 cm³/mol. The van der Waals surface area contributed by atoms with Gasteiger partial charge in [0.25, 0.3) is 0 Å². The maximum Gasteiger partial charge on any atom is 0.124 e. The zero-order chi connectivity index (χ0) is 15.1. The van der Waals surface area contributed by atoms with Gasteiger partial charge in [-0.15, -0.1) is 5.23 Å². The first-order chi connectivity index (χ1) is 9.89. The second-order valence-electron chi connectivity index (χ2n) is 6.91. The van der Waals surface area contributed by atoms with Crippen LogP contribution in [0.15, 0.2) is 18.5 Å². The Hall–Kier alpha value is -1.17. The van der Waals surface area contributed by atoms with Gasteiger partial charge in [-0.1, -0.05) is 0 Å². The van der Waals surface area contributed by atoms with E-state index in [1.165, 1.54) is 0 Å². The van der Waals surface area contributed by atoms with Crippen LogP contribution in [0.4, 0.5) is 5.69 Å². The van der Waals surface area contributed by atoms with Crippen LogP contribution in [-0.4, -0.2) is 29.4 Å². The highest BCUT2D eigenvalue weighted by atomic mass is 17.0. The Morgan fingerprint density at radius 1 is 1.19 bits per heavy atom. The second kappa shape index (κ2) is 5.23. The van der Waals surface area contributed by atoms with E-state index in [9.17, 15) is 0 Å². The molecule has 1 aromatic heterocycles. The zero-order valence-corrected chi connectivity index (χ0v) is 13.3. The molecule has 2 aliphatic rings. The summed E-state index contributed by atoms with van der Waals surface area (Å²) in [6, 6.07) is 1.95. The van der Waals surface area contributed by atoms with Crippen molar-refractivity contribution in [3.8, 4) is 0 Å². The Morgan fingerprint density at radius 2 is 1.86 bits per heavy atom. The van der Waals surface area contributed by atoms with Gasteiger partial charge in [-0.05, 0) is 52.2 Å². The average molecular weight is 292 g/mol. The minimum atomic E-state index is -0.380. The summed E-state index contributed by atoms with van der Waals surface area (Å²) in [5.74, 6) is 0.673. The van der Waals surface area contributed by atoms with Gasteiger partial charge >= 0.3 is 0 Å². The number of hydrogen-bond acceptors (Lipinski definition) is 5. The minimum Gasteiger partial charge on any atom is -0.381 e. The molecule has 5 heteroatoms. The topological polar surface area (TPSA) is 43.8 Å². The van der Waals surface area contributed by atoms with E-state index in [1.54, 1.807) is 11.4 Å². The Balaban J connectivity index is 1.76. The largest absolute Gasteiger partial charge is 0.381 e. The molecular weight excluding hydrogens is 268 g/mol. The van der Waals surface area contributed by atoms with Crippen molar-refractivity contribution in [2.24, 2.45) is 5.92 Å². The quantitative estimate of drug-likeness (QED) is 0.853. The zero-order valence-electron chi connectivity index (χ0n) is 13.3. The molecule has 0 atom stereocenters. The van der Waals surface area contributed by atoms with Gasteiger partial charge in [0.1, 0.15) is 16.9 Å². The summed E-state index contributed by atoms with van der Waals surface area (Å²) in [6.45, 7) is 9.93. The van der Waals surface area contributed by atoms with Crippen LogP contribution < -0.4 is 5.23 Å². The van der Waals surface area contributed by atoms with Gasteiger partial charge in [0.05, 0.1) is 13.2 Å². The smallest absolute Gasteiger partial charge is 0.124 e. The minimum absolute atomic E-state index is 0.380. The lowest BCUT2D eigenvalue weighted by atomic mass is 9.90. The first-order valence-corrected chi connectivity index (χ1v) is 7.58. The molecule has 0 aliphatic carbocycles. The van der Waals surface area contributed by atoms with Crippen LogP contribution in [-0.2, 0) is 20.8 Å². The lowest BCUT2D eigenvalue weighted by Crippen LogP contribution is -2.41. The van der Waals surface area contributed by atoms with Crippen molar-refractivity contribution in [2.45, 2.75) is 51.7 Å². The monoisotopic (exact) mass is 292 g/mol. The van der Waals surface area contributed by atoms with E-state index in [-0.39, 0.29) is 11.2 Å². The first kappa shape index (κ1) is 14.8. The molecule has 21 heavy (non-hydrogen) atoms. The van der Waals surface area contributed by atoms with Crippen molar-refractivity contribution in [3.05, 3.63) is 24.0 Å². The molecule has 0 aromatic carbocycles. The molecule has 0 radical (unpaired) electrons. The molecule has 2 saturated heterocycles. The third-order valence-corrected chi connectivity index (χ3v) is 4.68. The van der Waals surface area contributed by atoms with Crippen molar-refractivity contribution in [1.82, 2.24) is 4.98 Å². The Labute approximate surface area is 126 Å². The highest BCUT2D eigenvalue weighted by Crippen LogP contribution is 2.40. The number of hydrogen-bond donors (Lipinski definition) is 0. The summed E-state index contributed by atoms with van der Waals surface area (Å²) >= 11 is 0. The summed E-state index contributed by atoms with van der Waals surface area (Å²) in [5, 5.41) is 1.56. The lowest BCUT2D eigenvalue weighted by Gasteiger charge is -2.26. The van der Waals surface area contributed by atoms with Crippen LogP contribution in [0.1, 0.15) is 39.7 Å². The molecule has 2 aliphatic heterocycles. The molecule has 0 saturated carbocycles. The molecule has 1 aromatic rings. The third kappa shape index (κ3) is 2.78. The first-order valence-electron chi connectivity index (χ1n) is 7.58. The fourth-order valence-electron chi connectivity index (χ4n) is 2.35. The van der Waals surface area contributed by atoms with E-state index in [1.807, 2.05) is 40.0 Å². The van der Waals surface area contributed by atoms with Crippen LogP contribution in [0.5, 0.6) is 0 Å². The van der Waals surface area contributed by atoms with Gasteiger partial charge in [0.15, 0.2) is 0 Å². The van der Waals surface area contributed by atoms with Crippen LogP contribution in [0.25, 0.3) is 0 Å². The van der Waals surface area contributed by atoms with Crippen molar-refractivity contribution in [2.75, 3.05) is 18.4 Å². The molecule has 3 rings (SSSR count). The van der Waals surface area contributed by atoms with Crippen LogP contribution >= 0.6 is 0 Å². The van der Waals surface area contributed by atoms with Crippen molar-refractivity contribution in [1.29, 1.82) is 0 Å². The van der Waals surface area contributed by atoms with E-state index in [0.29, 0.717) is 5.92 Å². The number of aryl methyl sites for hydroxylation is 1. The van der Waals surface area contributed by atoms with Crippen LogP contribution in [0.3, 0.4) is 0 Å². The maximum absolute atomic E-state index is 6.00. The molecule has 116 valence electrons. The molecule has 0 spiro atoms. The number of rotatable bonds is 4. The Morgan fingerprint density at radius 3 is 2.43 bits per heavy atom. The molecule has 2 fully saturated rings. The van der Waals surface area contributed by atoms with Gasteiger partial charge in [0, 0.05) is 18.3 Å². The van der Waals surface area contributed by atoms with E-state index >= 15 is 0 Å². The molecule has 0 N–H and O–H groups in total. The van der Waals surface area contributed by atoms with E-state index in [0.717, 1.165) is 37.3 Å². The molecule has 0 amide bonds. The van der Waals surface area contributed by atoms with Crippen molar-refractivity contribution in [3.63, 3.8) is 0 Å². The van der Waals surface area contributed by atoms with Gasteiger partial charge < -0.3 is 4.74 Å². The Bertz CT molecular complexity index is 496. The number of nitrogens with zero attached hydrogens (tertiary/aromatic N) is 2. The molecular formula is C16H24N2O3. The van der Waals surface area contributed by atoms with Crippen molar-refractivity contribution < 1.29 is 14.4 Å². The summed E-state index contributed by atoms with van der Waals surface area (Å²) < 4.78 is 5.23. The van der Waals surface area contributed by atoms with E-state index in [2.05, 4.69) is 4.98 Å². The highest BCUT2D eigenvalue weighted by Gasteiger charge is 2.50. The summed E-state index contributed by atoms with van der Waals surface area (Å²) in [7, 11) is 0. The maximum atomic E-state index is 6.00. The number of anilines is 1. The average Bonchev–Trinajstić information content (AvgIpc) is 2.57. The summed E-state index contributed by atoms with van der Waals surface area (Å²) in [5.41, 5.74) is 1.34. The number of aromatic nitrogens is 1. The molecule has 0 bridgehead atoms. The summed E-state index contributed by atoms with van der Waals surface area (Å²) in [6.07, 6.45) is 5.75. The van der Waals surface area contributed by atoms with Gasteiger partial charge in [-0.25, -0.2) is 9.68 Å². The van der Waals surface area contributed by atoms with Crippen LogP contribution in [0.2, 0.25) is 0 Å². The second-order valence-corrected chi connectivity index (χ2v) is 6.91. The normalized spacial score (nSPS) is 24.1. The van der Waals surface area contributed by atoms with Gasteiger partial charge in [-0.2, -0.15) is 0 Å². The standard InChI is InChI=1S/C16H24N2O3/c1-15(2)16(3,4)21-18(20-15)14-7-8-17-9-13(14)6-5-12-10-19-11-12/h7-9,12H,5-6,10-11H2,1-4H3. The van der Waals surface area contributed by atoms with E-state index < -0.39 is 0 Å². The number of pyridine rings is 1. The van der Waals surface area contributed by atoms with Gasteiger partial charge in [-0.3, -0.25) is 4.98 Å². The lowest BCUT2D eigenvalue weighted by molar-refractivity contribution is -0.0359. The molecule has 0 unspecified atom stereocenters. The van der Waals surface area contributed by atoms with E-state index in [4.69, 9.17) is 14.4 Å². The predicted octanol–water partition coefficient (Wildman–Crippen LogP) is 2.90. The highest BCUT2D eigenvalue weighted by molar-refractivity contribution is 5.49. The SMILES string of the molecule is CC1(C)ON(c2ccncc2CCC2COC2)OC1(C)C. The fraction of sp³-hybridized carbons (Fsp3) is 0.688. The fourth-order valence-corrected chi connectivity index (χ4v) is 2.35. The summed E-state index contributed by atoms with van der Waals surface area (Å²) in [4.78, 5) is 16.2. The van der Waals surface area contributed by atoms with Crippen LogP contribution in [0, 0.1) is 5.92 Å². The van der Waals surface area contributed by atoms with Gasteiger partial charge in [0.2, 0.25) is 0 Å². The van der Waals surface area contributed by atoms with Crippen molar-refractivity contribution >= 4 is 5.69 Å². The Kier molecular flexibility index (Phi) is 3.67.